The second-order valence-corrected chi connectivity index (χ2v) is 8.52. The first-order valence-corrected chi connectivity index (χ1v) is 11.3. The number of nitrogens with one attached hydrogen (secondary N) is 1. The Balaban J connectivity index is 1.38. The van der Waals surface area contributed by atoms with Gasteiger partial charge in [-0.05, 0) is 49.4 Å². The molecule has 2 aliphatic rings. The molecule has 2 fully saturated rings. The third-order valence-electron chi connectivity index (χ3n) is 6.49. The lowest BCUT2D eigenvalue weighted by atomic mass is 10.1. The number of carbonyl (C=O) groups excluding carboxylic acids is 2. The SMILES string of the molecule is CCN1CCN(c2ccc(NC(=O)[C@@H]3CC(=O)N(c4cccc(OC)c4)C3)cc2C)CC1. The zero-order valence-corrected chi connectivity index (χ0v) is 19.1. The number of likely N-dealkylation sites (N-methyl/N-ethyl adjacent to an activating group) is 1. The predicted octanol–water partition coefficient (Wildman–Crippen LogP) is 3.14. The fraction of sp³-hybridized carbons (Fsp3) is 0.440. The quantitative estimate of drug-likeness (QED) is 0.754. The van der Waals surface area contributed by atoms with Crippen LogP contribution in [0, 0.1) is 12.8 Å². The number of anilines is 3. The van der Waals surface area contributed by atoms with Crippen LogP contribution in [0.1, 0.15) is 18.9 Å². The Morgan fingerprint density at radius 2 is 1.91 bits per heavy atom. The number of rotatable bonds is 6. The number of piperazine rings is 1. The first-order chi connectivity index (χ1) is 15.5. The summed E-state index contributed by atoms with van der Waals surface area (Å²) in [6.45, 7) is 9.94. The van der Waals surface area contributed by atoms with Crippen LogP contribution in [0.25, 0.3) is 0 Å². The fourth-order valence-corrected chi connectivity index (χ4v) is 4.55. The van der Waals surface area contributed by atoms with Crippen LogP contribution in [0.2, 0.25) is 0 Å². The number of amides is 2. The maximum Gasteiger partial charge on any atom is 0.229 e. The summed E-state index contributed by atoms with van der Waals surface area (Å²) in [5, 5.41) is 3.02. The minimum atomic E-state index is -0.379. The first kappa shape index (κ1) is 22.1. The van der Waals surface area contributed by atoms with Crippen molar-refractivity contribution in [3.8, 4) is 5.75 Å². The zero-order valence-electron chi connectivity index (χ0n) is 19.1. The number of nitrogens with zero attached hydrogens (tertiary/aromatic N) is 3. The molecule has 0 bridgehead atoms. The molecule has 2 aromatic rings. The average Bonchev–Trinajstić information content (AvgIpc) is 3.21. The van der Waals surface area contributed by atoms with E-state index in [1.807, 2.05) is 36.4 Å². The predicted molar refractivity (Wildman–Crippen MR) is 128 cm³/mol. The molecule has 0 radical (unpaired) electrons. The van der Waals surface area contributed by atoms with Gasteiger partial charge in [-0.25, -0.2) is 0 Å². The average molecular weight is 437 g/mol. The van der Waals surface area contributed by atoms with E-state index in [-0.39, 0.29) is 24.2 Å². The third kappa shape index (κ3) is 4.72. The Labute approximate surface area is 189 Å². The van der Waals surface area contributed by atoms with Crippen molar-refractivity contribution in [3.63, 3.8) is 0 Å². The Hall–Kier alpha value is -3.06. The molecule has 0 unspecified atom stereocenters. The normalized spacial score (nSPS) is 19.3. The molecule has 170 valence electrons. The first-order valence-electron chi connectivity index (χ1n) is 11.3. The van der Waals surface area contributed by atoms with Crippen molar-refractivity contribution in [1.82, 2.24) is 4.90 Å². The van der Waals surface area contributed by atoms with Gasteiger partial charge in [-0.2, -0.15) is 0 Å². The summed E-state index contributed by atoms with van der Waals surface area (Å²) < 4.78 is 5.26. The van der Waals surface area contributed by atoms with Crippen LogP contribution in [-0.4, -0.2) is 63.1 Å². The molecule has 2 saturated heterocycles. The highest BCUT2D eigenvalue weighted by atomic mass is 16.5. The van der Waals surface area contributed by atoms with E-state index in [9.17, 15) is 9.59 Å². The molecule has 4 rings (SSSR count). The second-order valence-electron chi connectivity index (χ2n) is 8.52. The van der Waals surface area contributed by atoms with E-state index < -0.39 is 0 Å². The summed E-state index contributed by atoms with van der Waals surface area (Å²) >= 11 is 0. The van der Waals surface area contributed by atoms with Gasteiger partial charge >= 0.3 is 0 Å². The summed E-state index contributed by atoms with van der Waals surface area (Å²) in [5.41, 5.74) is 3.90. The molecule has 2 aromatic carbocycles. The van der Waals surface area contributed by atoms with Crippen molar-refractivity contribution in [2.24, 2.45) is 5.92 Å². The van der Waals surface area contributed by atoms with Gasteiger partial charge in [0.2, 0.25) is 11.8 Å². The van der Waals surface area contributed by atoms with Gasteiger partial charge in [0.15, 0.2) is 0 Å². The molecule has 2 aliphatic heterocycles. The smallest absolute Gasteiger partial charge is 0.229 e. The molecule has 0 spiro atoms. The molecule has 1 N–H and O–H groups in total. The summed E-state index contributed by atoms with van der Waals surface area (Å²) in [7, 11) is 1.60. The molecule has 2 heterocycles. The van der Waals surface area contributed by atoms with Crippen molar-refractivity contribution in [3.05, 3.63) is 48.0 Å². The Morgan fingerprint density at radius 3 is 2.59 bits per heavy atom. The number of ether oxygens (including phenoxy) is 1. The van der Waals surface area contributed by atoms with Crippen molar-refractivity contribution in [1.29, 1.82) is 0 Å². The van der Waals surface area contributed by atoms with Crippen LogP contribution in [0.3, 0.4) is 0 Å². The van der Waals surface area contributed by atoms with E-state index in [0.29, 0.717) is 12.3 Å². The third-order valence-corrected chi connectivity index (χ3v) is 6.49. The largest absolute Gasteiger partial charge is 0.497 e. The lowest BCUT2D eigenvalue weighted by Crippen LogP contribution is -2.46. The van der Waals surface area contributed by atoms with Crippen molar-refractivity contribution >= 4 is 28.9 Å². The maximum atomic E-state index is 12.9. The van der Waals surface area contributed by atoms with E-state index in [4.69, 9.17) is 4.74 Å². The maximum absolute atomic E-state index is 12.9. The van der Waals surface area contributed by atoms with Gasteiger partial charge in [-0.1, -0.05) is 13.0 Å². The van der Waals surface area contributed by atoms with Gasteiger partial charge in [0.05, 0.1) is 13.0 Å². The standard InChI is InChI=1S/C25H32N4O3/c1-4-27-10-12-28(13-11-27)23-9-8-20(14-18(23)2)26-25(31)19-15-24(30)29(17-19)21-6-5-7-22(16-21)32-3/h5-9,14,16,19H,4,10-13,15,17H2,1-3H3,(H,26,31)/t19-/m1/s1. The van der Waals surface area contributed by atoms with Crippen LogP contribution in [0.4, 0.5) is 17.1 Å². The summed E-state index contributed by atoms with van der Waals surface area (Å²) in [6, 6.07) is 13.4. The van der Waals surface area contributed by atoms with E-state index >= 15 is 0 Å². The van der Waals surface area contributed by atoms with Gasteiger partial charge in [-0.3, -0.25) is 9.59 Å². The molecule has 0 saturated carbocycles. The lowest BCUT2D eigenvalue weighted by molar-refractivity contribution is -0.122. The monoisotopic (exact) mass is 436 g/mol. The number of methoxy groups -OCH3 is 1. The Bertz CT molecular complexity index is 985. The lowest BCUT2D eigenvalue weighted by Gasteiger charge is -2.36. The highest BCUT2D eigenvalue weighted by Crippen LogP contribution is 2.29. The minimum Gasteiger partial charge on any atom is -0.497 e. The molecular weight excluding hydrogens is 404 g/mol. The summed E-state index contributed by atoms with van der Waals surface area (Å²) in [4.78, 5) is 32.0. The zero-order chi connectivity index (χ0) is 22.7. The molecule has 32 heavy (non-hydrogen) atoms. The highest BCUT2D eigenvalue weighted by molar-refractivity contribution is 6.03. The van der Waals surface area contributed by atoms with E-state index in [2.05, 4.69) is 35.0 Å². The highest BCUT2D eigenvalue weighted by Gasteiger charge is 2.35. The van der Waals surface area contributed by atoms with Crippen molar-refractivity contribution in [2.75, 3.05) is 61.5 Å². The van der Waals surface area contributed by atoms with Crippen LogP contribution < -0.4 is 19.9 Å². The van der Waals surface area contributed by atoms with E-state index in [0.717, 1.165) is 49.7 Å². The van der Waals surface area contributed by atoms with Gasteiger partial charge in [-0.15, -0.1) is 0 Å². The summed E-state index contributed by atoms with van der Waals surface area (Å²) in [6.07, 6.45) is 0.210. The van der Waals surface area contributed by atoms with E-state index in [1.165, 1.54) is 5.69 Å². The molecule has 1 atom stereocenters. The van der Waals surface area contributed by atoms with Crippen LogP contribution >= 0.6 is 0 Å². The van der Waals surface area contributed by atoms with Gasteiger partial charge in [0.25, 0.3) is 0 Å². The number of hydrogen-bond donors (Lipinski definition) is 1. The minimum absolute atomic E-state index is 0.0452. The molecule has 7 nitrogen and oxygen atoms in total. The van der Waals surface area contributed by atoms with E-state index in [1.54, 1.807) is 12.0 Å². The van der Waals surface area contributed by atoms with Gasteiger partial charge < -0.3 is 24.8 Å². The molecule has 2 amide bonds. The number of hydrogen-bond acceptors (Lipinski definition) is 5. The second kappa shape index (κ2) is 9.61. The Morgan fingerprint density at radius 1 is 1.12 bits per heavy atom. The van der Waals surface area contributed by atoms with Crippen molar-refractivity contribution in [2.45, 2.75) is 20.3 Å². The fourth-order valence-electron chi connectivity index (χ4n) is 4.55. The van der Waals surface area contributed by atoms with Crippen LogP contribution in [0.5, 0.6) is 5.75 Å². The van der Waals surface area contributed by atoms with Gasteiger partial charge in [0.1, 0.15) is 5.75 Å². The topological polar surface area (TPSA) is 65.1 Å². The number of aryl methyl sites for hydroxylation is 1. The number of benzene rings is 2. The van der Waals surface area contributed by atoms with Crippen LogP contribution in [0.15, 0.2) is 42.5 Å². The molecule has 7 heteroatoms. The van der Waals surface area contributed by atoms with Gasteiger partial charge in [0, 0.05) is 62.3 Å². The molecular formula is C25H32N4O3. The molecule has 0 aromatic heterocycles. The molecule has 0 aliphatic carbocycles. The number of carbonyl (C=O) groups is 2. The summed E-state index contributed by atoms with van der Waals surface area (Å²) in [5.74, 6) is 0.147. The van der Waals surface area contributed by atoms with Crippen molar-refractivity contribution < 1.29 is 14.3 Å². The Kier molecular flexibility index (Phi) is 6.65. The van der Waals surface area contributed by atoms with Crippen LogP contribution in [-0.2, 0) is 9.59 Å².